The monoisotopic (exact) mass is 263 g/mol. The molecule has 0 aliphatic carbocycles. The smallest absolute Gasteiger partial charge is 0.219 e. The molecule has 0 aliphatic heterocycles. The molecule has 15 heavy (non-hydrogen) atoms. The third kappa shape index (κ3) is 2.80. The van der Waals surface area contributed by atoms with E-state index < -0.39 is 0 Å². The van der Waals surface area contributed by atoms with E-state index in [1.165, 1.54) is 5.56 Å². The summed E-state index contributed by atoms with van der Waals surface area (Å²) < 4.78 is 6.50. The van der Waals surface area contributed by atoms with Crippen LogP contribution in [-0.4, -0.2) is 4.98 Å². The van der Waals surface area contributed by atoms with Crippen LogP contribution < -0.4 is 4.74 Å². The van der Waals surface area contributed by atoms with Gasteiger partial charge < -0.3 is 4.74 Å². The predicted octanol–water partition coefficient (Wildman–Crippen LogP) is 3.94. The Labute approximate surface area is 97.1 Å². The second-order valence-corrected chi connectivity index (χ2v) is 4.15. The highest BCUT2D eigenvalue weighted by atomic mass is 79.9. The van der Waals surface area contributed by atoms with Crippen molar-refractivity contribution in [2.45, 2.75) is 6.92 Å². The van der Waals surface area contributed by atoms with Gasteiger partial charge in [0.1, 0.15) is 5.75 Å². The fourth-order valence-corrected chi connectivity index (χ4v) is 1.38. The summed E-state index contributed by atoms with van der Waals surface area (Å²) in [4.78, 5) is 4.13. The van der Waals surface area contributed by atoms with Gasteiger partial charge in [-0.15, -0.1) is 0 Å². The molecule has 0 saturated carbocycles. The maximum Gasteiger partial charge on any atom is 0.219 e. The predicted molar refractivity (Wildman–Crippen MR) is 63.2 cm³/mol. The van der Waals surface area contributed by atoms with E-state index in [1.807, 2.05) is 43.3 Å². The molecule has 0 bridgehead atoms. The quantitative estimate of drug-likeness (QED) is 0.819. The minimum Gasteiger partial charge on any atom is -0.439 e. The maximum absolute atomic E-state index is 5.56. The lowest BCUT2D eigenvalue weighted by Crippen LogP contribution is -1.86. The third-order valence-corrected chi connectivity index (χ3v) is 2.41. The third-order valence-electron chi connectivity index (χ3n) is 1.94. The summed E-state index contributed by atoms with van der Waals surface area (Å²) in [6, 6.07) is 11.6. The van der Waals surface area contributed by atoms with Gasteiger partial charge in [-0.1, -0.05) is 17.7 Å². The first-order valence-electron chi connectivity index (χ1n) is 4.60. The van der Waals surface area contributed by atoms with E-state index in [0.717, 1.165) is 10.2 Å². The van der Waals surface area contributed by atoms with E-state index >= 15 is 0 Å². The van der Waals surface area contributed by atoms with Gasteiger partial charge in [-0.05, 0) is 41.1 Å². The van der Waals surface area contributed by atoms with Crippen molar-refractivity contribution in [3.8, 4) is 11.6 Å². The SMILES string of the molecule is Cc1ccc(Oc2ccc(Br)cn2)cc1. The summed E-state index contributed by atoms with van der Waals surface area (Å²) in [6.07, 6.45) is 1.71. The molecule has 1 heterocycles. The lowest BCUT2D eigenvalue weighted by Gasteiger charge is -2.04. The normalized spacial score (nSPS) is 10.0. The van der Waals surface area contributed by atoms with Crippen LogP contribution in [0.1, 0.15) is 5.56 Å². The number of rotatable bonds is 2. The van der Waals surface area contributed by atoms with Crippen LogP contribution in [0.25, 0.3) is 0 Å². The number of pyridine rings is 1. The Morgan fingerprint density at radius 3 is 2.40 bits per heavy atom. The standard InChI is InChI=1S/C12H10BrNO/c1-9-2-5-11(6-3-9)15-12-7-4-10(13)8-14-12/h2-8H,1H3. The maximum atomic E-state index is 5.56. The largest absolute Gasteiger partial charge is 0.439 e. The summed E-state index contributed by atoms with van der Waals surface area (Å²) in [5.41, 5.74) is 1.21. The van der Waals surface area contributed by atoms with Crippen molar-refractivity contribution in [3.63, 3.8) is 0 Å². The molecule has 1 aromatic heterocycles. The van der Waals surface area contributed by atoms with Gasteiger partial charge in [-0.25, -0.2) is 4.98 Å². The number of hydrogen-bond acceptors (Lipinski definition) is 2. The highest BCUT2D eigenvalue weighted by Gasteiger charge is 1.97. The van der Waals surface area contributed by atoms with Crippen LogP contribution in [0.5, 0.6) is 11.6 Å². The first-order valence-corrected chi connectivity index (χ1v) is 5.39. The topological polar surface area (TPSA) is 22.1 Å². The summed E-state index contributed by atoms with van der Waals surface area (Å²) in [5, 5.41) is 0. The molecule has 0 saturated heterocycles. The molecule has 0 radical (unpaired) electrons. The van der Waals surface area contributed by atoms with E-state index in [0.29, 0.717) is 5.88 Å². The van der Waals surface area contributed by atoms with E-state index in [9.17, 15) is 0 Å². The minimum atomic E-state index is 0.599. The van der Waals surface area contributed by atoms with E-state index in [2.05, 4.69) is 20.9 Å². The minimum absolute atomic E-state index is 0.599. The van der Waals surface area contributed by atoms with Crippen LogP contribution in [0.4, 0.5) is 0 Å². The molecule has 0 spiro atoms. The number of aromatic nitrogens is 1. The highest BCUT2D eigenvalue weighted by molar-refractivity contribution is 9.10. The van der Waals surface area contributed by atoms with Crippen LogP contribution in [0.15, 0.2) is 47.1 Å². The molecular weight excluding hydrogens is 254 g/mol. The van der Waals surface area contributed by atoms with Crippen LogP contribution in [0, 0.1) is 6.92 Å². The molecule has 0 amide bonds. The van der Waals surface area contributed by atoms with Crippen molar-refractivity contribution in [3.05, 3.63) is 52.6 Å². The number of nitrogens with zero attached hydrogens (tertiary/aromatic N) is 1. The Balaban J connectivity index is 2.15. The molecule has 1 aromatic carbocycles. The van der Waals surface area contributed by atoms with E-state index in [1.54, 1.807) is 6.20 Å². The van der Waals surface area contributed by atoms with Crippen molar-refractivity contribution >= 4 is 15.9 Å². The number of halogens is 1. The molecule has 76 valence electrons. The first kappa shape index (κ1) is 10.2. The van der Waals surface area contributed by atoms with Gasteiger partial charge in [0.25, 0.3) is 0 Å². The van der Waals surface area contributed by atoms with E-state index in [4.69, 9.17) is 4.74 Å². The molecule has 2 rings (SSSR count). The van der Waals surface area contributed by atoms with Gasteiger partial charge in [-0.2, -0.15) is 0 Å². The Hall–Kier alpha value is -1.35. The molecule has 2 nitrogen and oxygen atoms in total. The number of benzene rings is 1. The second kappa shape index (κ2) is 4.45. The van der Waals surface area contributed by atoms with E-state index in [-0.39, 0.29) is 0 Å². The van der Waals surface area contributed by atoms with Crippen LogP contribution in [0.3, 0.4) is 0 Å². The molecule has 0 N–H and O–H groups in total. The van der Waals surface area contributed by atoms with Gasteiger partial charge in [0.15, 0.2) is 0 Å². The molecule has 2 aromatic rings. The average molecular weight is 264 g/mol. The fraction of sp³-hybridized carbons (Fsp3) is 0.0833. The molecule has 3 heteroatoms. The first-order chi connectivity index (χ1) is 7.24. The van der Waals surface area contributed by atoms with Crippen molar-refractivity contribution in [1.82, 2.24) is 4.98 Å². The van der Waals surface area contributed by atoms with Gasteiger partial charge in [0.2, 0.25) is 5.88 Å². The van der Waals surface area contributed by atoms with Crippen LogP contribution >= 0.6 is 15.9 Å². The van der Waals surface area contributed by atoms with Crippen LogP contribution in [-0.2, 0) is 0 Å². The van der Waals surface area contributed by atoms with Crippen LogP contribution in [0.2, 0.25) is 0 Å². The summed E-state index contributed by atoms with van der Waals surface area (Å²) in [7, 11) is 0. The Morgan fingerprint density at radius 2 is 1.80 bits per heavy atom. The molecule has 0 atom stereocenters. The van der Waals surface area contributed by atoms with Crippen molar-refractivity contribution in [1.29, 1.82) is 0 Å². The van der Waals surface area contributed by atoms with Gasteiger partial charge in [0.05, 0.1) is 0 Å². The lowest BCUT2D eigenvalue weighted by atomic mass is 10.2. The molecule has 0 unspecified atom stereocenters. The number of hydrogen-bond donors (Lipinski definition) is 0. The second-order valence-electron chi connectivity index (χ2n) is 3.23. The van der Waals surface area contributed by atoms with Gasteiger partial charge >= 0.3 is 0 Å². The number of ether oxygens (including phenoxy) is 1. The fourth-order valence-electron chi connectivity index (χ4n) is 1.15. The summed E-state index contributed by atoms with van der Waals surface area (Å²) >= 11 is 3.32. The van der Waals surface area contributed by atoms with Gasteiger partial charge in [-0.3, -0.25) is 0 Å². The zero-order valence-electron chi connectivity index (χ0n) is 8.27. The molecular formula is C12H10BrNO. The molecule has 0 fully saturated rings. The summed E-state index contributed by atoms with van der Waals surface area (Å²) in [5.74, 6) is 1.40. The zero-order valence-corrected chi connectivity index (χ0v) is 9.86. The van der Waals surface area contributed by atoms with Crippen molar-refractivity contribution in [2.24, 2.45) is 0 Å². The highest BCUT2D eigenvalue weighted by Crippen LogP contribution is 2.20. The Morgan fingerprint density at radius 1 is 1.07 bits per heavy atom. The summed E-state index contributed by atoms with van der Waals surface area (Å²) in [6.45, 7) is 2.04. The average Bonchev–Trinajstić information content (AvgIpc) is 2.25. The van der Waals surface area contributed by atoms with Gasteiger partial charge in [0, 0.05) is 16.7 Å². The Bertz CT molecular complexity index is 393. The zero-order chi connectivity index (χ0) is 10.7. The van der Waals surface area contributed by atoms with Crippen molar-refractivity contribution < 1.29 is 4.74 Å². The number of aryl methyl sites for hydroxylation is 1. The van der Waals surface area contributed by atoms with Crippen molar-refractivity contribution in [2.75, 3.05) is 0 Å². The lowest BCUT2D eigenvalue weighted by molar-refractivity contribution is 0.462. The Kier molecular flexibility index (Phi) is 3.02. The molecule has 0 aliphatic rings.